The summed E-state index contributed by atoms with van der Waals surface area (Å²) in [5.41, 5.74) is 3.61. The summed E-state index contributed by atoms with van der Waals surface area (Å²) in [6.07, 6.45) is -0.600. The average Bonchev–Trinajstić information content (AvgIpc) is 2.53. The summed E-state index contributed by atoms with van der Waals surface area (Å²) < 4.78 is 0. The Balaban J connectivity index is 2.03. The molecule has 0 saturated heterocycles. The summed E-state index contributed by atoms with van der Waals surface area (Å²) in [4.78, 5) is 0. The van der Waals surface area contributed by atoms with Crippen LogP contribution in [-0.2, 0) is 5.54 Å². The quantitative estimate of drug-likeness (QED) is 0.888. The molecule has 2 aromatic carbocycles. The van der Waals surface area contributed by atoms with Crippen LogP contribution in [0.5, 0.6) is 0 Å². The molecule has 0 aromatic heterocycles. The minimum Gasteiger partial charge on any atom is -0.387 e. The molecule has 0 amide bonds. The summed E-state index contributed by atoms with van der Waals surface area (Å²) in [5, 5.41) is 22.5. The predicted octanol–water partition coefficient (Wildman–Crippen LogP) is 3.43. The number of nitrogens with one attached hydrogen (secondary N) is 1. The second kappa shape index (κ2) is 6.74. The Bertz CT molecular complexity index is 669. The van der Waals surface area contributed by atoms with Gasteiger partial charge in [0.2, 0.25) is 0 Å². The first-order valence-corrected chi connectivity index (χ1v) is 7.43. The summed E-state index contributed by atoms with van der Waals surface area (Å²) in [6.45, 7) is 6.73. The predicted molar refractivity (Wildman–Crippen MR) is 88.3 cm³/mol. The molecule has 0 aliphatic carbocycles. The van der Waals surface area contributed by atoms with Crippen LogP contribution in [0.3, 0.4) is 0 Å². The van der Waals surface area contributed by atoms with Crippen molar-refractivity contribution in [2.45, 2.75) is 32.4 Å². The number of aryl methyl sites for hydroxylation is 1. The zero-order chi connectivity index (χ0) is 16.2. The molecule has 0 bridgehead atoms. The van der Waals surface area contributed by atoms with E-state index in [1.807, 2.05) is 6.07 Å². The molecule has 2 N–H and O–H groups in total. The van der Waals surface area contributed by atoms with Crippen LogP contribution in [0.25, 0.3) is 0 Å². The van der Waals surface area contributed by atoms with E-state index in [1.54, 1.807) is 24.3 Å². The Morgan fingerprint density at radius 1 is 1.18 bits per heavy atom. The van der Waals surface area contributed by atoms with E-state index in [0.717, 1.165) is 5.56 Å². The number of rotatable bonds is 5. The van der Waals surface area contributed by atoms with Gasteiger partial charge in [-0.3, -0.25) is 0 Å². The van der Waals surface area contributed by atoms with Crippen molar-refractivity contribution >= 4 is 0 Å². The summed E-state index contributed by atoms with van der Waals surface area (Å²) in [6, 6.07) is 17.5. The van der Waals surface area contributed by atoms with Gasteiger partial charge in [0.05, 0.1) is 17.7 Å². The Hall–Kier alpha value is -2.15. The van der Waals surface area contributed by atoms with E-state index in [9.17, 15) is 5.11 Å². The van der Waals surface area contributed by atoms with Crippen LogP contribution in [0.15, 0.2) is 48.5 Å². The number of hydrogen-bond acceptors (Lipinski definition) is 3. The molecule has 0 spiro atoms. The van der Waals surface area contributed by atoms with Crippen molar-refractivity contribution in [1.82, 2.24) is 5.32 Å². The smallest absolute Gasteiger partial charge is 0.0991 e. The lowest BCUT2D eigenvalue weighted by Gasteiger charge is -2.29. The van der Waals surface area contributed by atoms with Crippen molar-refractivity contribution in [1.29, 1.82) is 5.26 Å². The lowest BCUT2D eigenvalue weighted by Crippen LogP contribution is -2.39. The van der Waals surface area contributed by atoms with Crippen LogP contribution in [-0.4, -0.2) is 11.7 Å². The molecule has 3 nitrogen and oxygen atoms in total. The molecular weight excluding hydrogens is 272 g/mol. The molecule has 0 fully saturated rings. The molecule has 0 aliphatic rings. The molecule has 0 heterocycles. The van der Waals surface area contributed by atoms with Gasteiger partial charge >= 0.3 is 0 Å². The van der Waals surface area contributed by atoms with Crippen molar-refractivity contribution in [2.24, 2.45) is 0 Å². The van der Waals surface area contributed by atoms with E-state index in [-0.39, 0.29) is 5.54 Å². The molecule has 0 radical (unpaired) electrons. The third-order valence-electron chi connectivity index (χ3n) is 3.90. The number of nitrogens with zero attached hydrogens (tertiary/aromatic N) is 1. The van der Waals surface area contributed by atoms with Crippen LogP contribution in [0, 0.1) is 18.3 Å². The maximum atomic E-state index is 10.3. The average molecular weight is 294 g/mol. The number of aliphatic hydroxyl groups excluding tert-OH is 1. The van der Waals surface area contributed by atoms with Gasteiger partial charge in [-0.15, -0.1) is 0 Å². The first-order valence-electron chi connectivity index (χ1n) is 7.43. The molecule has 3 heteroatoms. The first kappa shape index (κ1) is 16.2. The van der Waals surface area contributed by atoms with Crippen LogP contribution in [0.4, 0.5) is 0 Å². The van der Waals surface area contributed by atoms with Gasteiger partial charge in [0.25, 0.3) is 0 Å². The van der Waals surface area contributed by atoms with E-state index in [2.05, 4.69) is 50.4 Å². The zero-order valence-corrected chi connectivity index (χ0v) is 13.3. The zero-order valence-electron chi connectivity index (χ0n) is 13.3. The van der Waals surface area contributed by atoms with Crippen LogP contribution < -0.4 is 5.32 Å². The lowest BCUT2D eigenvalue weighted by molar-refractivity contribution is 0.161. The number of aliphatic hydroxyl groups is 1. The maximum absolute atomic E-state index is 10.3. The minimum atomic E-state index is -0.600. The monoisotopic (exact) mass is 294 g/mol. The molecule has 114 valence electrons. The third kappa shape index (κ3) is 3.94. The van der Waals surface area contributed by atoms with Gasteiger partial charge in [0.15, 0.2) is 0 Å². The Morgan fingerprint density at radius 2 is 1.86 bits per heavy atom. The van der Waals surface area contributed by atoms with E-state index >= 15 is 0 Å². The van der Waals surface area contributed by atoms with E-state index < -0.39 is 6.10 Å². The van der Waals surface area contributed by atoms with Crippen molar-refractivity contribution < 1.29 is 5.11 Å². The van der Waals surface area contributed by atoms with E-state index in [1.165, 1.54) is 11.1 Å². The highest BCUT2D eigenvalue weighted by Gasteiger charge is 2.21. The molecular formula is C19H22N2O. The largest absolute Gasteiger partial charge is 0.387 e. The fourth-order valence-corrected chi connectivity index (χ4v) is 2.39. The van der Waals surface area contributed by atoms with Gasteiger partial charge in [-0.2, -0.15) is 5.26 Å². The highest BCUT2D eigenvalue weighted by molar-refractivity contribution is 5.33. The van der Waals surface area contributed by atoms with Gasteiger partial charge in [-0.1, -0.05) is 42.0 Å². The van der Waals surface area contributed by atoms with E-state index in [4.69, 9.17) is 5.26 Å². The normalized spacial score (nSPS) is 12.7. The van der Waals surface area contributed by atoms with Crippen LogP contribution >= 0.6 is 0 Å². The number of nitriles is 1. The topological polar surface area (TPSA) is 56.0 Å². The maximum Gasteiger partial charge on any atom is 0.0991 e. The molecule has 1 unspecified atom stereocenters. The van der Waals surface area contributed by atoms with Crippen molar-refractivity contribution in [2.75, 3.05) is 6.54 Å². The molecule has 0 saturated carbocycles. The summed E-state index contributed by atoms with van der Waals surface area (Å²) in [7, 11) is 0. The molecule has 2 aromatic rings. The Kier molecular flexibility index (Phi) is 4.97. The van der Waals surface area contributed by atoms with Gasteiger partial charge in [0, 0.05) is 12.1 Å². The van der Waals surface area contributed by atoms with Crippen molar-refractivity contribution in [3.05, 3.63) is 70.8 Å². The summed E-state index contributed by atoms with van der Waals surface area (Å²) in [5.74, 6) is 0. The van der Waals surface area contributed by atoms with E-state index in [0.29, 0.717) is 12.1 Å². The Morgan fingerprint density at radius 3 is 2.45 bits per heavy atom. The first-order chi connectivity index (χ1) is 10.4. The van der Waals surface area contributed by atoms with Gasteiger partial charge in [-0.05, 0) is 44.0 Å². The second-order valence-electron chi connectivity index (χ2n) is 6.12. The number of benzene rings is 2. The van der Waals surface area contributed by atoms with Crippen LogP contribution in [0.1, 0.15) is 42.2 Å². The second-order valence-corrected chi connectivity index (χ2v) is 6.12. The highest BCUT2D eigenvalue weighted by Crippen LogP contribution is 2.22. The van der Waals surface area contributed by atoms with Gasteiger partial charge in [0.1, 0.15) is 0 Å². The molecule has 1 atom stereocenters. The fraction of sp³-hybridized carbons (Fsp3) is 0.316. The number of hydrogen-bond donors (Lipinski definition) is 2. The molecule has 2 rings (SSSR count). The molecule has 22 heavy (non-hydrogen) atoms. The van der Waals surface area contributed by atoms with Crippen molar-refractivity contribution in [3.8, 4) is 6.07 Å². The highest BCUT2D eigenvalue weighted by atomic mass is 16.3. The summed E-state index contributed by atoms with van der Waals surface area (Å²) >= 11 is 0. The van der Waals surface area contributed by atoms with Crippen molar-refractivity contribution in [3.63, 3.8) is 0 Å². The minimum absolute atomic E-state index is 0.223. The lowest BCUT2D eigenvalue weighted by atomic mass is 9.92. The van der Waals surface area contributed by atoms with Gasteiger partial charge < -0.3 is 10.4 Å². The molecule has 0 aliphatic heterocycles. The van der Waals surface area contributed by atoms with Gasteiger partial charge in [-0.25, -0.2) is 0 Å². The third-order valence-corrected chi connectivity index (χ3v) is 3.90. The van der Waals surface area contributed by atoms with Crippen LogP contribution in [0.2, 0.25) is 0 Å². The fourth-order valence-electron chi connectivity index (χ4n) is 2.39. The Labute approximate surface area is 132 Å². The SMILES string of the molecule is Cc1cccc(C(C)(C)NCC(O)c2ccc(C#N)cc2)c1. The standard InChI is InChI=1S/C19H22N2O/c1-14-5-4-6-17(11-14)19(2,3)21-13-18(22)16-9-7-15(12-20)8-10-16/h4-11,18,21-22H,13H2,1-3H3.